The molecule has 2 aromatic rings. The molecule has 6 nitrogen and oxygen atoms in total. The lowest BCUT2D eigenvalue weighted by molar-refractivity contribution is 0.102. The number of halogens is 1. The van der Waals surface area contributed by atoms with Gasteiger partial charge in [-0.2, -0.15) is 5.26 Å². The fourth-order valence-electron chi connectivity index (χ4n) is 2.29. The van der Waals surface area contributed by atoms with Crippen molar-refractivity contribution in [2.75, 3.05) is 18.5 Å². The molecule has 0 aliphatic carbocycles. The molecule has 0 spiro atoms. The van der Waals surface area contributed by atoms with Crippen LogP contribution in [0.15, 0.2) is 42.5 Å². The Morgan fingerprint density at radius 2 is 2.00 bits per heavy atom. The molecule has 0 heterocycles. The fourth-order valence-corrected chi connectivity index (χ4v) is 2.29. The van der Waals surface area contributed by atoms with E-state index in [9.17, 15) is 19.6 Å². The number of benzene rings is 2. The van der Waals surface area contributed by atoms with Crippen molar-refractivity contribution in [2.45, 2.75) is 25.5 Å². The van der Waals surface area contributed by atoms with E-state index in [1.807, 2.05) is 19.9 Å². The Morgan fingerprint density at radius 3 is 2.62 bits per heavy atom. The van der Waals surface area contributed by atoms with Crippen molar-refractivity contribution >= 4 is 11.6 Å². The molecule has 150 valence electrons. The minimum Gasteiger partial charge on any atom is -0.489 e. The molecule has 2 aromatic carbocycles. The second kappa shape index (κ2) is 9.70. The summed E-state index contributed by atoms with van der Waals surface area (Å²) in [4.78, 5) is 12.2. The number of nitriles is 1. The summed E-state index contributed by atoms with van der Waals surface area (Å²) in [7, 11) is 0. The Bertz CT molecular complexity index is 943. The van der Waals surface area contributed by atoms with E-state index in [1.54, 1.807) is 6.07 Å². The Balaban J connectivity index is 1.98. The first-order valence-corrected chi connectivity index (χ1v) is 8.89. The molecule has 2 rings (SSSR count). The van der Waals surface area contributed by atoms with Crippen LogP contribution in [0.3, 0.4) is 0 Å². The molecule has 7 heteroatoms. The third-order valence-electron chi connectivity index (χ3n) is 4.04. The second-order valence-electron chi connectivity index (χ2n) is 6.90. The largest absolute Gasteiger partial charge is 0.489 e. The highest BCUT2D eigenvalue weighted by Gasteiger charge is 2.16. The number of aliphatic hydroxyl groups excluding tert-OH is 1. The van der Waals surface area contributed by atoms with Crippen molar-refractivity contribution in [2.24, 2.45) is 0 Å². The molecule has 0 aromatic heterocycles. The van der Waals surface area contributed by atoms with Gasteiger partial charge in [0.1, 0.15) is 30.3 Å². The zero-order chi connectivity index (χ0) is 21.4. The minimum absolute atomic E-state index is 0.0381. The van der Waals surface area contributed by atoms with Gasteiger partial charge in [-0.25, -0.2) is 4.39 Å². The van der Waals surface area contributed by atoms with Crippen LogP contribution in [0.5, 0.6) is 5.75 Å². The van der Waals surface area contributed by atoms with E-state index in [-0.39, 0.29) is 30.0 Å². The van der Waals surface area contributed by atoms with Crippen molar-refractivity contribution in [1.82, 2.24) is 5.32 Å². The van der Waals surface area contributed by atoms with Gasteiger partial charge >= 0.3 is 0 Å². The van der Waals surface area contributed by atoms with Gasteiger partial charge in [-0.15, -0.1) is 6.42 Å². The maximum Gasteiger partial charge on any atom is 0.255 e. The Morgan fingerprint density at radius 1 is 1.31 bits per heavy atom. The molecule has 1 unspecified atom stereocenters. The van der Waals surface area contributed by atoms with Gasteiger partial charge in [-0.3, -0.25) is 10.1 Å². The van der Waals surface area contributed by atoms with E-state index in [2.05, 4.69) is 16.6 Å². The minimum atomic E-state index is -0.827. The van der Waals surface area contributed by atoms with Gasteiger partial charge in [-0.05, 0) is 56.3 Å². The number of ether oxygens (including phenoxy) is 1. The van der Waals surface area contributed by atoms with Gasteiger partial charge in [0.15, 0.2) is 0 Å². The number of carbonyl (C=O) groups is 1. The molecule has 1 atom stereocenters. The number of aliphatic hydroxyl groups is 1. The predicted octanol–water partition coefficient (Wildman–Crippen LogP) is 2.69. The first-order chi connectivity index (χ1) is 13.7. The van der Waals surface area contributed by atoms with Crippen LogP contribution in [-0.2, 0) is 0 Å². The quantitative estimate of drug-likeness (QED) is 0.598. The van der Waals surface area contributed by atoms with Crippen LogP contribution in [0.1, 0.15) is 29.8 Å². The van der Waals surface area contributed by atoms with Crippen LogP contribution in [-0.4, -0.2) is 35.8 Å². The molecule has 0 bridgehead atoms. The zero-order valence-electron chi connectivity index (χ0n) is 16.2. The van der Waals surface area contributed by atoms with E-state index in [0.29, 0.717) is 5.69 Å². The van der Waals surface area contributed by atoms with E-state index >= 15 is 0 Å². The molecule has 0 saturated carbocycles. The van der Waals surface area contributed by atoms with Crippen LogP contribution in [0.4, 0.5) is 10.1 Å². The van der Waals surface area contributed by atoms with Crippen molar-refractivity contribution in [3.8, 4) is 24.2 Å². The number of terminal acetylenes is 1. The van der Waals surface area contributed by atoms with Crippen LogP contribution >= 0.6 is 0 Å². The lowest BCUT2D eigenvalue weighted by Crippen LogP contribution is -2.43. The lowest BCUT2D eigenvalue weighted by Gasteiger charge is -2.22. The van der Waals surface area contributed by atoms with Crippen LogP contribution in [0.2, 0.25) is 0 Å². The standard InChI is InChI=1S/C22H22FN3O3/c1-4-22(2,3)25-13-19(27)14-29-20-10-9-18(11-16(20)12-24)26-21(28)15-5-7-17(23)8-6-15/h1,5-11,19,25,27H,13-14H2,2-3H3,(H,26,28). The number of nitrogens with zero attached hydrogens (tertiary/aromatic N) is 1. The molecule has 0 fully saturated rings. The monoisotopic (exact) mass is 395 g/mol. The number of amides is 1. The number of carbonyl (C=O) groups excluding carboxylic acids is 1. The van der Waals surface area contributed by atoms with Crippen molar-refractivity contribution in [3.63, 3.8) is 0 Å². The first-order valence-electron chi connectivity index (χ1n) is 8.89. The van der Waals surface area contributed by atoms with Gasteiger partial charge in [0.2, 0.25) is 0 Å². The van der Waals surface area contributed by atoms with Crippen molar-refractivity contribution < 1.29 is 19.0 Å². The Labute approximate surface area is 169 Å². The molecule has 0 aliphatic rings. The van der Waals surface area contributed by atoms with Crippen molar-refractivity contribution in [3.05, 3.63) is 59.4 Å². The summed E-state index contributed by atoms with van der Waals surface area (Å²) in [5.74, 6) is 1.98. The Kier molecular flexibility index (Phi) is 7.33. The van der Waals surface area contributed by atoms with Gasteiger partial charge in [0.05, 0.1) is 11.1 Å². The first kappa shape index (κ1) is 21.9. The average molecular weight is 395 g/mol. The molecular weight excluding hydrogens is 373 g/mol. The highest BCUT2D eigenvalue weighted by molar-refractivity contribution is 6.04. The molecule has 29 heavy (non-hydrogen) atoms. The number of rotatable bonds is 8. The summed E-state index contributed by atoms with van der Waals surface area (Å²) in [5.41, 5.74) is 0.325. The fraction of sp³-hybridized carbons (Fsp3) is 0.273. The Hall–Kier alpha value is -3.39. The molecule has 1 amide bonds. The molecule has 3 N–H and O–H groups in total. The zero-order valence-corrected chi connectivity index (χ0v) is 16.2. The average Bonchev–Trinajstić information content (AvgIpc) is 2.71. The number of β-amino-alcohol motifs (C(OH)–C–C–N with tert-alkyl or cyclic N) is 1. The topological polar surface area (TPSA) is 94.4 Å². The summed E-state index contributed by atoms with van der Waals surface area (Å²) in [6, 6.07) is 11.7. The van der Waals surface area contributed by atoms with Gasteiger partial charge < -0.3 is 15.2 Å². The van der Waals surface area contributed by atoms with Crippen molar-refractivity contribution in [1.29, 1.82) is 5.26 Å². The molecule has 0 radical (unpaired) electrons. The molecule has 0 aliphatic heterocycles. The summed E-state index contributed by atoms with van der Waals surface area (Å²) in [6.45, 7) is 3.81. The van der Waals surface area contributed by atoms with E-state index < -0.39 is 23.4 Å². The normalized spacial score (nSPS) is 11.8. The van der Waals surface area contributed by atoms with E-state index in [4.69, 9.17) is 11.2 Å². The third-order valence-corrected chi connectivity index (χ3v) is 4.04. The van der Waals surface area contributed by atoms with Crippen LogP contribution < -0.4 is 15.4 Å². The van der Waals surface area contributed by atoms with Gasteiger partial charge in [0, 0.05) is 17.8 Å². The lowest BCUT2D eigenvalue weighted by atomic mass is 10.1. The smallest absolute Gasteiger partial charge is 0.255 e. The summed E-state index contributed by atoms with van der Waals surface area (Å²) in [6.07, 6.45) is 4.55. The highest BCUT2D eigenvalue weighted by atomic mass is 19.1. The summed E-state index contributed by atoms with van der Waals surface area (Å²) < 4.78 is 18.5. The SMILES string of the molecule is C#CC(C)(C)NCC(O)COc1ccc(NC(=O)c2ccc(F)cc2)cc1C#N. The van der Waals surface area contributed by atoms with Crippen LogP contribution in [0, 0.1) is 29.5 Å². The van der Waals surface area contributed by atoms with Gasteiger partial charge in [0.25, 0.3) is 5.91 Å². The second-order valence-corrected chi connectivity index (χ2v) is 6.90. The maximum absolute atomic E-state index is 13.0. The third kappa shape index (κ3) is 6.62. The highest BCUT2D eigenvalue weighted by Crippen LogP contribution is 2.23. The molecule has 0 saturated heterocycles. The number of anilines is 1. The maximum atomic E-state index is 13.0. The van der Waals surface area contributed by atoms with E-state index in [1.165, 1.54) is 36.4 Å². The van der Waals surface area contributed by atoms with E-state index in [0.717, 1.165) is 0 Å². The van der Waals surface area contributed by atoms with Gasteiger partial charge in [-0.1, -0.05) is 5.92 Å². The summed E-state index contributed by atoms with van der Waals surface area (Å²) >= 11 is 0. The summed E-state index contributed by atoms with van der Waals surface area (Å²) in [5, 5.41) is 25.0. The molecular formula is C22H22FN3O3. The predicted molar refractivity (Wildman–Crippen MR) is 108 cm³/mol. The number of nitrogens with one attached hydrogen (secondary N) is 2. The number of hydrogen-bond donors (Lipinski definition) is 3. The number of hydrogen-bond acceptors (Lipinski definition) is 5. The van der Waals surface area contributed by atoms with Crippen LogP contribution in [0.25, 0.3) is 0 Å².